The maximum absolute atomic E-state index is 11.6. The van der Waals surface area contributed by atoms with Gasteiger partial charge in [0.1, 0.15) is 5.82 Å². The first-order chi connectivity index (χ1) is 9.19. The van der Waals surface area contributed by atoms with Crippen molar-refractivity contribution in [2.75, 3.05) is 0 Å². The molecular weight excluding hydrogens is 262 g/mol. The van der Waals surface area contributed by atoms with E-state index in [-0.39, 0.29) is 5.91 Å². The standard InChI is InChI=1S/C12H17N5OS/c1-3-9-14-10(4-2)17(16-9)7-8-5-6-19-11(8)12(18)15-13/h5-6H,3-4,7,13H2,1-2H3,(H,15,18). The fourth-order valence-corrected chi connectivity index (χ4v) is 2.67. The number of hydrazine groups is 1. The molecule has 0 aliphatic rings. The van der Waals surface area contributed by atoms with E-state index in [9.17, 15) is 4.79 Å². The Morgan fingerprint density at radius 1 is 1.47 bits per heavy atom. The van der Waals surface area contributed by atoms with E-state index in [0.717, 1.165) is 30.1 Å². The molecule has 102 valence electrons. The predicted octanol–water partition coefficient (Wildman–Crippen LogP) is 1.12. The summed E-state index contributed by atoms with van der Waals surface area (Å²) < 4.78 is 1.86. The van der Waals surface area contributed by atoms with Crippen LogP contribution >= 0.6 is 11.3 Å². The normalized spacial score (nSPS) is 10.7. The molecule has 2 heterocycles. The van der Waals surface area contributed by atoms with Gasteiger partial charge in [-0.2, -0.15) is 5.10 Å². The van der Waals surface area contributed by atoms with Gasteiger partial charge in [0, 0.05) is 12.8 Å². The van der Waals surface area contributed by atoms with Gasteiger partial charge < -0.3 is 0 Å². The zero-order valence-electron chi connectivity index (χ0n) is 11.0. The molecule has 0 saturated carbocycles. The second-order valence-electron chi connectivity index (χ2n) is 4.06. The third kappa shape index (κ3) is 2.82. The van der Waals surface area contributed by atoms with E-state index in [1.807, 2.05) is 30.0 Å². The molecule has 2 aromatic heterocycles. The molecule has 6 nitrogen and oxygen atoms in total. The number of carbonyl (C=O) groups excluding carboxylic acids is 1. The van der Waals surface area contributed by atoms with Crippen LogP contribution in [0.25, 0.3) is 0 Å². The Morgan fingerprint density at radius 3 is 2.89 bits per heavy atom. The lowest BCUT2D eigenvalue weighted by Crippen LogP contribution is -2.30. The van der Waals surface area contributed by atoms with Gasteiger partial charge in [-0.25, -0.2) is 15.5 Å². The van der Waals surface area contributed by atoms with Crippen LogP contribution in [-0.4, -0.2) is 20.7 Å². The summed E-state index contributed by atoms with van der Waals surface area (Å²) in [5, 5.41) is 6.33. The molecule has 0 aromatic carbocycles. The van der Waals surface area contributed by atoms with Gasteiger partial charge in [-0.3, -0.25) is 10.2 Å². The highest BCUT2D eigenvalue weighted by atomic mass is 32.1. The van der Waals surface area contributed by atoms with Crippen molar-refractivity contribution in [3.8, 4) is 0 Å². The Hall–Kier alpha value is -1.73. The van der Waals surface area contributed by atoms with E-state index in [1.54, 1.807) is 0 Å². The number of amides is 1. The van der Waals surface area contributed by atoms with E-state index in [0.29, 0.717) is 11.4 Å². The minimum atomic E-state index is -0.265. The van der Waals surface area contributed by atoms with Gasteiger partial charge >= 0.3 is 0 Å². The highest BCUT2D eigenvalue weighted by molar-refractivity contribution is 7.12. The summed E-state index contributed by atoms with van der Waals surface area (Å²) in [6.07, 6.45) is 1.62. The lowest BCUT2D eigenvalue weighted by Gasteiger charge is -2.05. The number of nitrogens with one attached hydrogen (secondary N) is 1. The number of aromatic nitrogens is 3. The van der Waals surface area contributed by atoms with Gasteiger partial charge in [0.2, 0.25) is 0 Å². The number of rotatable bonds is 5. The molecule has 2 rings (SSSR count). The molecule has 0 unspecified atom stereocenters. The maximum atomic E-state index is 11.6. The topological polar surface area (TPSA) is 85.8 Å². The van der Waals surface area contributed by atoms with Crippen LogP contribution < -0.4 is 11.3 Å². The molecule has 0 fully saturated rings. The van der Waals surface area contributed by atoms with Crippen molar-refractivity contribution in [1.29, 1.82) is 0 Å². The number of nitrogen functional groups attached to an aromatic ring is 1. The molecular formula is C12H17N5OS. The van der Waals surface area contributed by atoms with E-state index < -0.39 is 0 Å². The van der Waals surface area contributed by atoms with Gasteiger partial charge in [-0.15, -0.1) is 11.3 Å². The number of nitrogens with two attached hydrogens (primary N) is 1. The van der Waals surface area contributed by atoms with Gasteiger partial charge in [-0.05, 0) is 17.0 Å². The first-order valence-corrected chi connectivity index (χ1v) is 7.07. The minimum Gasteiger partial charge on any atom is -0.289 e. The van der Waals surface area contributed by atoms with Gasteiger partial charge in [0.05, 0.1) is 11.4 Å². The Morgan fingerprint density at radius 2 is 2.26 bits per heavy atom. The first-order valence-electron chi connectivity index (χ1n) is 6.19. The quantitative estimate of drug-likeness (QED) is 0.488. The molecule has 2 aromatic rings. The number of carbonyl (C=O) groups is 1. The molecule has 3 N–H and O–H groups in total. The van der Waals surface area contributed by atoms with Crippen LogP contribution in [0.15, 0.2) is 11.4 Å². The first kappa shape index (κ1) is 13.7. The Bertz CT molecular complexity index is 574. The molecule has 0 aliphatic carbocycles. The SMILES string of the molecule is CCc1nc(CC)n(Cc2ccsc2C(=O)NN)n1. The molecule has 0 atom stereocenters. The average Bonchev–Trinajstić information content (AvgIpc) is 3.04. The zero-order valence-corrected chi connectivity index (χ0v) is 11.8. The summed E-state index contributed by atoms with van der Waals surface area (Å²) >= 11 is 1.37. The molecule has 0 aliphatic heterocycles. The van der Waals surface area contributed by atoms with Crippen LogP contribution in [0.2, 0.25) is 0 Å². The van der Waals surface area contributed by atoms with Gasteiger partial charge in [0.15, 0.2) is 5.82 Å². The van der Waals surface area contributed by atoms with E-state index in [2.05, 4.69) is 15.5 Å². The van der Waals surface area contributed by atoms with Crippen molar-refractivity contribution in [2.24, 2.45) is 5.84 Å². The summed E-state index contributed by atoms with van der Waals surface area (Å²) in [7, 11) is 0. The lowest BCUT2D eigenvalue weighted by atomic mass is 10.2. The Balaban J connectivity index is 2.28. The van der Waals surface area contributed by atoms with Crippen LogP contribution in [0, 0.1) is 0 Å². The fourth-order valence-electron chi connectivity index (χ4n) is 1.85. The summed E-state index contributed by atoms with van der Waals surface area (Å²) in [6.45, 7) is 4.61. The van der Waals surface area contributed by atoms with Crippen LogP contribution in [0.3, 0.4) is 0 Å². The van der Waals surface area contributed by atoms with E-state index >= 15 is 0 Å². The van der Waals surface area contributed by atoms with Crippen molar-refractivity contribution < 1.29 is 4.79 Å². The highest BCUT2D eigenvalue weighted by Gasteiger charge is 2.14. The molecule has 19 heavy (non-hydrogen) atoms. The number of hydrogen-bond donors (Lipinski definition) is 2. The zero-order chi connectivity index (χ0) is 13.8. The molecule has 1 amide bonds. The highest BCUT2D eigenvalue weighted by Crippen LogP contribution is 2.18. The predicted molar refractivity (Wildman–Crippen MR) is 73.9 cm³/mol. The molecule has 0 bridgehead atoms. The van der Waals surface area contributed by atoms with Crippen molar-refractivity contribution in [3.05, 3.63) is 33.5 Å². The fraction of sp³-hybridized carbons (Fsp3) is 0.417. The average molecular weight is 279 g/mol. The second kappa shape index (κ2) is 5.94. The summed E-state index contributed by atoms with van der Waals surface area (Å²) in [6, 6.07) is 1.92. The number of nitrogens with zero attached hydrogens (tertiary/aromatic N) is 3. The van der Waals surface area contributed by atoms with E-state index in [1.165, 1.54) is 11.3 Å². The van der Waals surface area contributed by atoms with Crippen molar-refractivity contribution in [3.63, 3.8) is 0 Å². The number of thiophene rings is 1. The third-order valence-electron chi connectivity index (χ3n) is 2.83. The number of aryl methyl sites for hydroxylation is 2. The van der Waals surface area contributed by atoms with Crippen molar-refractivity contribution >= 4 is 17.2 Å². The molecule has 0 saturated heterocycles. The smallest absolute Gasteiger partial charge is 0.275 e. The van der Waals surface area contributed by atoms with Crippen LogP contribution in [0.4, 0.5) is 0 Å². The van der Waals surface area contributed by atoms with Crippen molar-refractivity contribution in [2.45, 2.75) is 33.2 Å². The third-order valence-corrected chi connectivity index (χ3v) is 3.78. The largest absolute Gasteiger partial charge is 0.289 e. The summed E-state index contributed by atoms with van der Waals surface area (Å²) in [4.78, 5) is 16.7. The monoisotopic (exact) mass is 279 g/mol. The molecule has 0 spiro atoms. The number of hydrogen-bond acceptors (Lipinski definition) is 5. The summed E-state index contributed by atoms with van der Waals surface area (Å²) in [5.41, 5.74) is 3.08. The van der Waals surface area contributed by atoms with Crippen LogP contribution in [0.1, 0.15) is 40.7 Å². The lowest BCUT2D eigenvalue weighted by molar-refractivity contribution is 0.0956. The molecule has 0 radical (unpaired) electrons. The van der Waals surface area contributed by atoms with E-state index in [4.69, 9.17) is 5.84 Å². The van der Waals surface area contributed by atoms with Gasteiger partial charge in [-0.1, -0.05) is 13.8 Å². The van der Waals surface area contributed by atoms with Crippen LogP contribution in [-0.2, 0) is 19.4 Å². The summed E-state index contributed by atoms with van der Waals surface area (Å²) in [5.74, 6) is 6.68. The van der Waals surface area contributed by atoms with Crippen LogP contribution in [0.5, 0.6) is 0 Å². The van der Waals surface area contributed by atoms with Gasteiger partial charge in [0.25, 0.3) is 5.91 Å². The maximum Gasteiger partial charge on any atom is 0.275 e. The Labute approximate surface area is 115 Å². The van der Waals surface area contributed by atoms with Crippen molar-refractivity contribution in [1.82, 2.24) is 20.2 Å². The Kier molecular flexibility index (Phi) is 4.28. The second-order valence-corrected chi connectivity index (χ2v) is 4.97. The minimum absolute atomic E-state index is 0.265. The molecule has 7 heteroatoms.